The van der Waals surface area contributed by atoms with Gasteiger partial charge in [-0.25, -0.2) is 9.97 Å². The number of carbonyl (C=O) groups excluding carboxylic acids is 2. The number of allylic oxidation sites excluding steroid dienone is 1. The van der Waals surface area contributed by atoms with Crippen LogP contribution in [-0.4, -0.2) is 54.8 Å². The van der Waals surface area contributed by atoms with E-state index in [2.05, 4.69) is 31.2 Å². The fourth-order valence-corrected chi connectivity index (χ4v) is 4.15. The molecule has 0 spiro atoms. The summed E-state index contributed by atoms with van der Waals surface area (Å²) in [6.45, 7) is 0.767. The summed E-state index contributed by atoms with van der Waals surface area (Å²) in [6.07, 6.45) is 5.57. The van der Waals surface area contributed by atoms with Crippen LogP contribution >= 0.6 is 0 Å². The van der Waals surface area contributed by atoms with E-state index in [0.717, 1.165) is 11.1 Å². The lowest BCUT2D eigenvalue weighted by Gasteiger charge is -2.28. The van der Waals surface area contributed by atoms with E-state index in [1.165, 1.54) is 12.5 Å². The molecular formula is C24H19N7O2. The second kappa shape index (κ2) is 8.51. The van der Waals surface area contributed by atoms with Crippen LogP contribution in [0.4, 0.5) is 0 Å². The van der Waals surface area contributed by atoms with Gasteiger partial charge in [-0.3, -0.25) is 14.7 Å². The minimum atomic E-state index is -0.619. The number of Topliss-reactive ketones (excluding diaryl/α,β-unsaturated/α-hetero) is 1. The van der Waals surface area contributed by atoms with Gasteiger partial charge in [0.25, 0.3) is 11.7 Å². The Morgan fingerprint density at radius 2 is 1.85 bits per heavy atom. The molecule has 4 heterocycles. The lowest BCUT2D eigenvalue weighted by atomic mass is 9.93. The Bertz CT molecular complexity index is 1400. The molecule has 9 nitrogen and oxygen atoms in total. The van der Waals surface area contributed by atoms with Gasteiger partial charge in [0, 0.05) is 25.5 Å². The third-order valence-corrected chi connectivity index (χ3v) is 5.84. The first-order valence-corrected chi connectivity index (χ1v) is 10.5. The quantitative estimate of drug-likeness (QED) is 0.286. The van der Waals surface area contributed by atoms with Gasteiger partial charge in [0.2, 0.25) is 0 Å². The molecule has 1 aliphatic rings. The second-order valence-corrected chi connectivity index (χ2v) is 7.70. The van der Waals surface area contributed by atoms with Crippen LogP contribution in [0.3, 0.4) is 0 Å². The molecule has 1 saturated heterocycles. The van der Waals surface area contributed by atoms with Gasteiger partial charge >= 0.3 is 0 Å². The molecule has 9 heteroatoms. The second-order valence-electron chi connectivity index (χ2n) is 7.70. The summed E-state index contributed by atoms with van der Waals surface area (Å²) in [5, 5.41) is 16.4. The molecule has 5 rings (SSSR count). The molecule has 3 aromatic heterocycles. The van der Waals surface area contributed by atoms with Gasteiger partial charge in [-0.15, -0.1) is 0 Å². The summed E-state index contributed by atoms with van der Waals surface area (Å²) in [7, 11) is 0. The number of piperidine rings is 1. The zero-order chi connectivity index (χ0) is 22.8. The maximum absolute atomic E-state index is 13.1. The normalized spacial score (nSPS) is 13.7. The van der Waals surface area contributed by atoms with Crippen LogP contribution in [0, 0.1) is 11.3 Å². The number of aromatic nitrogens is 5. The van der Waals surface area contributed by atoms with Crippen LogP contribution in [0.25, 0.3) is 28.0 Å². The Morgan fingerprint density at radius 3 is 2.55 bits per heavy atom. The molecule has 1 amide bonds. The van der Waals surface area contributed by atoms with Crippen molar-refractivity contribution in [1.29, 1.82) is 5.26 Å². The Kier molecular flexibility index (Phi) is 5.24. The predicted molar refractivity (Wildman–Crippen MR) is 121 cm³/mol. The number of nitrogens with zero attached hydrogens (tertiary/aromatic N) is 5. The van der Waals surface area contributed by atoms with Gasteiger partial charge in [-0.1, -0.05) is 30.3 Å². The van der Waals surface area contributed by atoms with E-state index in [9.17, 15) is 14.9 Å². The Balaban J connectivity index is 1.36. The average molecular weight is 437 g/mol. The fourth-order valence-electron chi connectivity index (χ4n) is 4.15. The summed E-state index contributed by atoms with van der Waals surface area (Å²) in [5.41, 5.74) is 4.93. The van der Waals surface area contributed by atoms with Crippen LogP contribution in [0.5, 0.6) is 0 Å². The number of fused-ring (bicyclic) bond motifs is 1. The first-order chi connectivity index (χ1) is 16.2. The lowest BCUT2D eigenvalue weighted by molar-refractivity contribution is -0.126. The molecule has 4 aromatic rings. The number of ketones is 1. The molecule has 0 radical (unpaired) electrons. The number of amides is 1. The van der Waals surface area contributed by atoms with Crippen LogP contribution in [-0.2, 0) is 4.79 Å². The molecule has 0 saturated carbocycles. The van der Waals surface area contributed by atoms with Crippen molar-refractivity contribution < 1.29 is 9.59 Å². The van der Waals surface area contributed by atoms with Crippen LogP contribution < -0.4 is 0 Å². The highest BCUT2D eigenvalue weighted by Crippen LogP contribution is 2.28. The number of rotatable bonds is 4. The number of likely N-dealkylation sites (tertiary alicyclic amines) is 1. The third-order valence-electron chi connectivity index (χ3n) is 5.84. The van der Waals surface area contributed by atoms with E-state index >= 15 is 0 Å². The van der Waals surface area contributed by atoms with Crippen molar-refractivity contribution in [3.05, 3.63) is 71.8 Å². The first-order valence-electron chi connectivity index (χ1n) is 10.5. The van der Waals surface area contributed by atoms with Crippen molar-refractivity contribution in [2.24, 2.45) is 0 Å². The van der Waals surface area contributed by atoms with Crippen LogP contribution in [0.1, 0.15) is 28.8 Å². The summed E-state index contributed by atoms with van der Waals surface area (Å²) in [5.74, 6) is -1.19. The maximum Gasteiger partial charge on any atom is 0.295 e. The Morgan fingerprint density at radius 1 is 1.06 bits per heavy atom. The first kappa shape index (κ1) is 20.3. The summed E-state index contributed by atoms with van der Waals surface area (Å²) < 4.78 is 0. The highest BCUT2D eigenvalue weighted by Gasteiger charge is 2.29. The topological polar surface area (TPSA) is 131 Å². The number of hydrogen-bond donors (Lipinski definition) is 2. The van der Waals surface area contributed by atoms with E-state index in [-0.39, 0.29) is 5.56 Å². The Hall–Kier alpha value is -4.58. The zero-order valence-electron chi connectivity index (χ0n) is 17.6. The maximum atomic E-state index is 13.1. The molecule has 0 atom stereocenters. The van der Waals surface area contributed by atoms with Crippen molar-refractivity contribution in [2.45, 2.75) is 12.8 Å². The van der Waals surface area contributed by atoms with E-state index in [4.69, 9.17) is 0 Å². The van der Waals surface area contributed by atoms with Gasteiger partial charge in [-0.2, -0.15) is 10.4 Å². The lowest BCUT2D eigenvalue weighted by Crippen LogP contribution is -2.40. The SMILES string of the molecule is N#CC(=C1CCN(C(=O)C(=O)c2c[nH]c3c(-c4ccn[nH]4)ncnc23)CC1)c1ccccc1. The smallest absolute Gasteiger partial charge is 0.295 e. The molecular weight excluding hydrogens is 418 g/mol. The fraction of sp³-hybridized carbons (Fsp3) is 0.167. The third kappa shape index (κ3) is 3.68. The molecule has 2 N–H and O–H groups in total. The molecule has 0 bridgehead atoms. The number of benzene rings is 1. The van der Waals surface area contributed by atoms with E-state index in [1.807, 2.05) is 30.3 Å². The molecule has 1 fully saturated rings. The summed E-state index contributed by atoms with van der Waals surface area (Å²) in [4.78, 5) is 39.1. The van der Waals surface area contributed by atoms with Gasteiger partial charge in [0.05, 0.1) is 28.4 Å². The number of carbonyl (C=O) groups is 2. The van der Waals surface area contributed by atoms with Crippen molar-refractivity contribution in [1.82, 2.24) is 30.0 Å². The van der Waals surface area contributed by atoms with Crippen molar-refractivity contribution in [2.75, 3.05) is 13.1 Å². The van der Waals surface area contributed by atoms with Gasteiger partial charge in [0.1, 0.15) is 17.5 Å². The predicted octanol–water partition coefficient (Wildman–Crippen LogP) is 3.13. The van der Waals surface area contributed by atoms with Crippen LogP contribution in [0.15, 0.2) is 60.7 Å². The minimum Gasteiger partial charge on any atom is -0.357 e. The Labute approximate surface area is 188 Å². The van der Waals surface area contributed by atoms with E-state index in [1.54, 1.807) is 17.2 Å². The molecule has 0 aliphatic carbocycles. The summed E-state index contributed by atoms with van der Waals surface area (Å²) in [6, 6.07) is 13.6. The van der Waals surface area contributed by atoms with E-state index < -0.39 is 11.7 Å². The highest BCUT2D eigenvalue weighted by molar-refractivity contribution is 6.44. The standard InChI is InChI=1S/C24H19N7O2/c25-12-17(15-4-2-1-3-5-15)16-7-10-31(11-8-16)24(33)23(32)18-13-26-22-20(18)27-14-28-21(22)19-6-9-29-30-19/h1-6,9,13-14,26H,7-8,10-11H2,(H,29,30). The van der Waals surface area contributed by atoms with Crippen LogP contribution in [0.2, 0.25) is 0 Å². The van der Waals surface area contributed by atoms with Crippen molar-refractivity contribution in [3.8, 4) is 17.5 Å². The molecule has 1 aliphatic heterocycles. The highest BCUT2D eigenvalue weighted by atomic mass is 16.2. The summed E-state index contributed by atoms with van der Waals surface area (Å²) >= 11 is 0. The van der Waals surface area contributed by atoms with Gasteiger partial charge in [-0.05, 0) is 30.0 Å². The molecule has 1 aromatic carbocycles. The molecule has 33 heavy (non-hydrogen) atoms. The number of hydrogen-bond acceptors (Lipinski definition) is 6. The number of H-pyrrole nitrogens is 2. The van der Waals surface area contributed by atoms with Crippen molar-refractivity contribution >= 4 is 28.3 Å². The largest absolute Gasteiger partial charge is 0.357 e. The van der Waals surface area contributed by atoms with Gasteiger partial charge in [0.15, 0.2) is 0 Å². The monoisotopic (exact) mass is 437 g/mol. The van der Waals surface area contributed by atoms with E-state index in [0.29, 0.717) is 53.9 Å². The number of nitrogens with one attached hydrogen (secondary N) is 2. The van der Waals surface area contributed by atoms with Crippen molar-refractivity contribution in [3.63, 3.8) is 0 Å². The number of nitriles is 1. The van der Waals surface area contributed by atoms with Gasteiger partial charge < -0.3 is 9.88 Å². The molecule has 162 valence electrons. The minimum absolute atomic E-state index is 0.210. The zero-order valence-corrected chi connectivity index (χ0v) is 17.6. The molecule has 0 unspecified atom stereocenters. The average Bonchev–Trinajstić information content (AvgIpc) is 3.55. The number of aromatic amines is 2.